The summed E-state index contributed by atoms with van der Waals surface area (Å²) in [4.78, 5) is 32.9. The number of anilines is 1. The molecule has 1 atom stereocenters. The first-order valence-electron chi connectivity index (χ1n) is 9.85. The van der Waals surface area contributed by atoms with Gasteiger partial charge in [0.05, 0.1) is 12.2 Å². The van der Waals surface area contributed by atoms with Crippen LogP contribution in [0.3, 0.4) is 0 Å². The first-order chi connectivity index (χ1) is 14.2. The van der Waals surface area contributed by atoms with E-state index in [-0.39, 0.29) is 41.7 Å². The Kier molecular flexibility index (Phi) is 7.35. The van der Waals surface area contributed by atoms with Crippen LogP contribution in [-0.2, 0) is 4.79 Å². The van der Waals surface area contributed by atoms with E-state index < -0.39 is 0 Å². The minimum atomic E-state index is -0.139. The molecule has 0 bridgehead atoms. The fraction of sp³-hybridized carbons (Fsp3) is 0.381. The van der Waals surface area contributed by atoms with Crippen LogP contribution in [0.25, 0.3) is 0 Å². The van der Waals surface area contributed by atoms with Crippen molar-refractivity contribution >= 4 is 47.4 Å². The lowest BCUT2D eigenvalue weighted by Crippen LogP contribution is -2.53. The second-order valence-electron chi connectivity index (χ2n) is 7.15. The summed E-state index contributed by atoms with van der Waals surface area (Å²) in [5.74, 6) is 0.994. The molecule has 1 aromatic carbocycles. The van der Waals surface area contributed by atoms with Crippen molar-refractivity contribution in [2.24, 2.45) is 4.99 Å². The third kappa shape index (κ3) is 4.61. The van der Waals surface area contributed by atoms with Gasteiger partial charge in [0.25, 0.3) is 5.91 Å². The van der Waals surface area contributed by atoms with Gasteiger partial charge in [0.15, 0.2) is 11.7 Å². The highest BCUT2D eigenvalue weighted by Gasteiger charge is 2.30. The van der Waals surface area contributed by atoms with Crippen LogP contribution in [0.1, 0.15) is 28.5 Å². The summed E-state index contributed by atoms with van der Waals surface area (Å²) in [5, 5.41) is 6.30. The number of piperazine rings is 1. The molecule has 0 spiro atoms. The van der Waals surface area contributed by atoms with Gasteiger partial charge in [-0.1, -0.05) is 18.2 Å². The van der Waals surface area contributed by atoms with Crippen LogP contribution in [0.15, 0.2) is 52.1 Å². The average molecular weight is 523 g/mol. The first-order valence-corrected chi connectivity index (χ1v) is 9.85. The van der Waals surface area contributed by atoms with Crippen LogP contribution in [0.4, 0.5) is 5.69 Å². The van der Waals surface area contributed by atoms with Gasteiger partial charge in [0, 0.05) is 45.5 Å². The maximum Gasteiger partial charge on any atom is 0.289 e. The Labute approximate surface area is 192 Å². The molecule has 0 radical (unpaired) electrons. The van der Waals surface area contributed by atoms with Gasteiger partial charge >= 0.3 is 0 Å². The summed E-state index contributed by atoms with van der Waals surface area (Å²) < 4.78 is 5.21. The predicted molar refractivity (Wildman–Crippen MR) is 125 cm³/mol. The zero-order valence-electron chi connectivity index (χ0n) is 16.8. The molecule has 30 heavy (non-hydrogen) atoms. The number of carbonyl (C=O) groups excluding carboxylic acids is 2. The monoisotopic (exact) mass is 523 g/mol. The zero-order valence-corrected chi connectivity index (χ0v) is 19.2. The molecule has 8 nitrogen and oxygen atoms in total. The van der Waals surface area contributed by atoms with Gasteiger partial charge in [-0.15, -0.1) is 24.0 Å². The summed E-state index contributed by atoms with van der Waals surface area (Å²) in [6.07, 6.45) is 2.21. The van der Waals surface area contributed by atoms with Gasteiger partial charge < -0.3 is 24.9 Å². The molecule has 2 aliphatic rings. The number of furan rings is 1. The first kappa shape index (κ1) is 22.1. The molecular formula is C21H26IN5O3. The molecule has 1 unspecified atom stereocenters. The number of hydrogen-bond acceptors (Lipinski definition) is 4. The maximum atomic E-state index is 12.4. The second kappa shape index (κ2) is 9.96. The number of rotatable bonds is 4. The number of hydrogen-bond donors (Lipinski definition) is 2. The van der Waals surface area contributed by atoms with Crippen molar-refractivity contribution in [2.45, 2.75) is 12.3 Å². The second-order valence-corrected chi connectivity index (χ2v) is 7.15. The van der Waals surface area contributed by atoms with E-state index in [2.05, 4.69) is 20.5 Å². The highest BCUT2D eigenvalue weighted by Crippen LogP contribution is 2.33. The summed E-state index contributed by atoms with van der Waals surface area (Å²) >= 11 is 0. The van der Waals surface area contributed by atoms with Gasteiger partial charge in [-0.2, -0.15) is 0 Å². The van der Waals surface area contributed by atoms with E-state index in [1.54, 1.807) is 24.1 Å². The number of amides is 2. The lowest BCUT2D eigenvalue weighted by molar-refractivity contribution is -0.117. The molecular weight excluding hydrogens is 497 g/mol. The summed E-state index contributed by atoms with van der Waals surface area (Å²) in [6.45, 7) is 3.25. The minimum Gasteiger partial charge on any atom is -0.459 e. The van der Waals surface area contributed by atoms with Crippen LogP contribution < -0.4 is 10.6 Å². The third-order valence-corrected chi connectivity index (χ3v) is 5.44. The normalized spacial score (nSPS) is 18.5. The van der Waals surface area contributed by atoms with Crippen LogP contribution >= 0.6 is 24.0 Å². The number of fused-ring (bicyclic) bond motifs is 1. The van der Waals surface area contributed by atoms with Gasteiger partial charge in [-0.05, 0) is 30.2 Å². The molecule has 0 aliphatic carbocycles. The predicted octanol–water partition coefficient (Wildman–Crippen LogP) is 2.36. The molecule has 2 amide bonds. The van der Waals surface area contributed by atoms with Crippen molar-refractivity contribution in [2.75, 3.05) is 45.1 Å². The van der Waals surface area contributed by atoms with Crippen LogP contribution in [0, 0.1) is 0 Å². The van der Waals surface area contributed by atoms with E-state index in [0.717, 1.165) is 17.2 Å². The SMILES string of the molecule is CN=C(NCCC1C(=O)Nc2ccccc21)N1CCN(C(=O)c2ccco2)CC1.I. The Bertz CT molecular complexity index is 907. The van der Waals surface area contributed by atoms with Crippen molar-refractivity contribution in [3.05, 3.63) is 54.0 Å². The van der Waals surface area contributed by atoms with E-state index in [0.29, 0.717) is 44.9 Å². The number of nitrogens with one attached hydrogen (secondary N) is 2. The van der Waals surface area contributed by atoms with E-state index in [1.165, 1.54) is 6.26 Å². The van der Waals surface area contributed by atoms with Crippen molar-refractivity contribution in [1.29, 1.82) is 0 Å². The maximum absolute atomic E-state index is 12.4. The molecule has 2 N–H and O–H groups in total. The van der Waals surface area contributed by atoms with Gasteiger partial charge in [-0.3, -0.25) is 14.6 Å². The Morgan fingerprint density at radius 1 is 1.17 bits per heavy atom. The quantitative estimate of drug-likeness (QED) is 0.365. The van der Waals surface area contributed by atoms with Crippen LogP contribution in [0.5, 0.6) is 0 Å². The Morgan fingerprint density at radius 3 is 2.60 bits per heavy atom. The topological polar surface area (TPSA) is 90.2 Å². The summed E-state index contributed by atoms with van der Waals surface area (Å²) in [5.41, 5.74) is 1.96. The average Bonchev–Trinajstić information content (AvgIpc) is 3.39. The van der Waals surface area contributed by atoms with Crippen LogP contribution in [0.2, 0.25) is 0 Å². The summed E-state index contributed by atoms with van der Waals surface area (Å²) in [6, 6.07) is 11.2. The number of guanidine groups is 1. The van der Waals surface area contributed by atoms with E-state index >= 15 is 0 Å². The number of nitrogens with zero attached hydrogens (tertiary/aromatic N) is 3. The molecule has 1 aromatic heterocycles. The molecule has 9 heteroatoms. The van der Waals surface area contributed by atoms with Crippen molar-refractivity contribution in [3.63, 3.8) is 0 Å². The van der Waals surface area contributed by atoms with Crippen LogP contribution in [-0.4, -0.2) is 67.3 Å². The zero-order chi connectivity index (χ0) is 20.2. The Balaban J connectivity index is 0.00000256. The highest BCUT2D eigenvalue weighted by molar-refractivity contribution is 14.0. The van der Waals surface area contributed by atoms with Crippen molar-refractivity contribution in [1.82, 2.24) is 15.1 Å². The number of aliphatic imine (C=N–C) groups is 1. The standard InChI is InChI=1S/C21H25N5O3.HI/c1-22-21(23-9-8-16-15-5-2-3-6-17(15)24-19(16)27)26-12-10-25(11-13-26)20(28)18-7-4-14-29-18;/h2-7,14,16H,8-13H2,1H3,(H,22,23)(H,24,27);1H. The number of halogens is 1. The smallest absolute Gasteiger partial charge is 0.289 e. The molecule has 3 heterocycles. The number of benzene rings is 1. The van der Waals surface area contributed by atoms with E-state index in [1.807, 2.05) is 24.3 Å². The molecule has 1 saturated heterocycles. The molecule has 2 aromatic rings. The summed E-state index contributed by atoms with van der Waals surface area (Å²) in [7, 11) is 1.75. The fourth-order valence-corrected chi connectivity index (χ4v) is 3.90. The molecule has 2 aliphatic heterocycles. The Hall–Kier alpha value is -2.56. The molecule has 0 saturated carbocycles. The fourth-order valence-electron chi connectivity index (χ4n) is 3.90. The van der Waals surface area contributed by atoms with Crippen molar-refractivity contribution < 1.29 is 14.0 Å². The van der Waals surface area contributed by atoms with E-state index in [4.69, 9.17) is 4.42 Å². The van der Waals surface area contributed by atoms with Crippen molar-refractivity contribution in [3.8, 4) is 0 Å². The lowest BCUT2D eigenvalue weighted by Gasteiger charge is -2.36. The lowest BCUT2D eigenvalue weighted by atomic mass is 9.97. The molecule has 4 rings (SSSR count). The van der Waals surface area contributed by atoms with E-state index in [9.17, 15) is 9.59 Å². The van der Waals surface area contributed by atoms with Gasteiger partial charge in [0.2, 0.25) is 5.91 Å². The minimum absolute atomic E-state index is 0. The third-order valence-electron chi connectivity index (χ3n) is 5.44. The highest BCUT2D eigenvalue weighted by atomic mass is 127. The number of carbonyl (C=O) groups is 2. The van der Waals surface area contributed by atoms with Gasteiger partial charge in [0.1, 0.15) is 0 Å². The Morgan fingerprint density at radius 2 is 1.90 bits per heavy atom. The number of para-hydroxylation sites is 1. The largest absolute Gasteiger partial charge is 0.459 e. The molecule has 1 fully saturated rings. The van der Waals surface area contributed by atoms with Gasteiger partial charge in [-0.25, -0.2) is 0 Å². The molecule has 160 valence electrons.